The van der Waals surface area contributed by atoms with E-state index in [1.54, 1.807) is 0 Å². The fourth-order valence-corrected chi connectivity index (χ4v) is 2.75. The average Bonchev–Trinajstić information content (AvgIpc) is 2.70. The highest BCUT2D eigenvalue weighted by Gasteiger charge is 2.17. The molecule has 0 spiro atoms. The van der Waals surface area contributed by atoms with Gasteiger partial charge in [-0.05, 0) is 44.0 Å². The average molecular weight is 291 g/mol. The van der Waals surface area contributed by atoms with Crippen molar-refractivity contribution in [2.75, 3.05) is 31.1 Å². The molecule has 0 amide bonds. The van der Waals surface area contributed by atoms with Crippen LogP contribution in [0.5, 0.6) is 0 Å². The molecular weight excluding hydrogens is 262 g/mol. The van der Waals surface area contributed by atoms with Crippen LogP contribution in [0.4, 0.5) is 5.82 Å². The number of hydrogen-bond donors (Lipinski definition) is 1. The standard InChI is InChI=1S/C17H29N3O/c1-4-7-16-10-15(12-18-5-2)11-17(19-16)20-8-6-9-21-14(3)13-20/h10-11,14,18H,4-9,12-13H2,1-3H3. The minimum Gasteiger partial charge on any atom is -0.377 e. The van der Waals surface area contributed by atoms with Gasteiger partial charge in [0.2, 0.25) is 0 Å². The van der Waals surface area contributed by atoms with E-state index in [9.17, 15) is 0 Å². The van der Waals surface area contributed by atoms with Gasteiger partial charge in [0.1, 0.15) is 5.82 Å². The maximum absolute atomic E-state index is 5.75. The largest absolute Gasteiger partial charge is 0.377 e. The molecule has 1 aromatic rings. The third-order valence-electron chi connectivity index (χ3n) is 3.79. The molecular formula is C17H29N3O. The molecule has 0 saturated carbocycles. The second-order valence-electron chi connectivity index (χ2n) is 5.84. The molecule has 1 N–H and O–H groups in total. The minimum atomic E-state index is 0.279. The number of nitrogens with one attached hydrogen (secondary N) is 1. The van der Waals surface area contributed by atoms with Crippen molar-refractivity contribution in [2.24, 2.45) is 0 Å². The molecule has 4 heteroatoms. The Kier molecular flexibility index (Phi) is 6.46. The maximum Gasteiger partial charge on any atom is 0.129 e. The van der Waals surface area contributed by atoms with E-state index in [4.69, 9.17) is 9.72 Å². The van der Waals surface area contributed by atoms with Crippen LogP contribution in [0, 0.1) is 0 Å². The molecule has 0 radical (unpaired) electrons. The zero-order valence-electron chi connectivity index (χ0n) is 13.7. The fourth-order valence-electron chi connectivity index (χ4n) is 2.75. The fraction of sp³-hybridized carbons (Fsp3) is 0.706. The first-order chi connectivity index (χ1) is 10.2. The quantitative estimate of drug-likeness (QED) is 0.874. The van der Waals surface area contributed by atoms with E-state index < -0.39 is 0 Å². The molecule has 21 heavy (non-hydrogen) atoms. The molecule has 4 nitrogen and oxygen atoms in total. The topological polar surface area (TPSA) is 37.4 Å². The lowest BCUT2D eigenvalue weighted by molar-refractivity contribution is 0.0820. The monoisotopic (exact) mass is 291 g/mol. The highest BCUT2D eigenvalue weighted by atomic mass is 16.5. The van der Waals surface area contributed by atoms with E-state index in [0.717, 1.165) is 57.9 Å². The van der Waals surface area contributed by atoms with Crippen LogP contribution in [0.1, 0.15) is 44.9 Å². The van der Waals surface area contributed by atoms with E-state index >= 15 is 0 Å². The summed E-state index contributed by atoms with van der Waals surface area (Å²) in [5.41, 5.74) is 2.55. The number of anilines is 1. The lowest BCUT2D eigenvalue weighted by Crippen LogP contribution is -2.31. The number of aryl methyl sites for hydroxylation is 1. The van der Waals surface area contributed by atoms with Crippen molar-refractivity contribution in [2.45, 2.75) is 52.7 Å². The van der Waals surface area contributed by atoms with Gasteiger partial charge in [-0.2, -0.15) is 0 Å². The Balaban J connectivity index is 2.20. The van der Waals surface area contributed by atoms with Crippen molar-refractivity contribution >= 4 is 5.82 Å². The zero-order chi connectivity index (χ0) is 15.1. The Hall–Kier alpha value is -1.13. The first-order valence-corrected chi connectivity index (χ1v) is 8.30. The first kappa shape index (κ1) is 16.2. The van der Waals surface area contributed by atoms with Crippen molar-refractivity contribution in [1.82, 2.24) is 10.3 Å². The molecule has 0 aromatic carbocycles. The van der Waals surface area contributed by atoms with E-state index in [-0.39, 0.29) is 6.10 Å². The molecule has 2 heterocycles. The minimum absolute atomic E-state index is 0.279. The third-order valence-corrected chi connectivity index (χ3v) is 3.79. The van der Waals surface area contributed by atoms with Gasteiger partial charge < -0.3 is 15.0 Å². The summed E-state index contributed by atoms with van der Waals surface area (Å²) < 4.78 is 5.75. The highest BCUT2D eigenvalue weighted by Crippen LogP contribution is 2.19. The summed E-state index contributed by atoms with van der Waals surface area (Å²) in [5.74, 6) is 1.12. The number of rotatable bonds is 6. The molecule has 1 aliphatic heterocycles. The summed E-state index contributed by atoms with van der Waals surface area (Å²) in [6.45, 7) is 11.2. The maximum atomic E-state index is 5.75. The lowest BCUT2D eigenvalue weighted by Gasteiger charge is -2.24. The Morgan fingerprint density at radius 3 is 3.00 bits per heavy atom. The molecule has 1 aromatic heterocycles. The van der Waals surface area contributed by atoms with Crippen molar-refractivity contribution in [3.05, 3.63) is 23.4 Å². The van der Waals surface area contributed by atoms with Gasteiger partial charge in [0.15, 0.2) is 0 Å². The van der Waals surface area contributed by atoms with E-state index in [2.05, 4.69) is 43.1 Å². The zero-order valence-corrected chi connectivity index (χ0v) is 13.7. The van der Waals surface area contributed by atoms with Gasteiger partial charge in [-0.3, -0.25) is 0 Å². The van der Waals surface area contributed by atoms with Gasteiger partial charge in [-0.15, -0.1) is 0 Å². The molecule has 1 unspecified atom stereocenters. The Labute approximate surface area is 128 Å². The van der Waals surface area contributed by atoms with Crippen molar-refractivity contribution < 1.29 is 4.74 Å². The highest BCUT2D eigenvalue weighted by molar-refractivity contribution is 5.43. The lowest BCUT2D eigenvalue weighted by atomic mass is 10.1. The van der Waals surface area contributed by atoms with Gasteiger partial charge in [-0.25, -0.2) is 4.98 Å². The number of hydrogen-bond acceptors (Lipinski definition) is 4. The molecule has 1 saturated heterocycles. The number of pyridine rings is 1. The molecule has 1 aliphatic rings. The van der Waals surface area contributed by atoms with Gasteiger partial charge in [-0.1, -0.05) is 20.3 Å². The number of ether oxygens (including phenoxy) is 1. The second kappa shape index (κ2) is 8.35. The van der Waals surface area contributed by atoms with Crippen molar-refractivity contribution in [3.63, 3.8) is 0 Å². The Morgan fingerprint density at radius 1 is 1.38 bits per heavy atom. The van der Waals surface area contributed by atoms with E-state index in [1.807, 2.05) is 0 Å². The van der Waals surface area contributed by atoms with Gasteiger partial charge in [0.05, 0.1) is 6.10 Å². The summed E-state index contributed by atoms with van der Waals surface area (Å²) >= 11 is 0. The third kappa shape index (κ3) is 4.97. The summed E-state index contributed by atoms with van der Waals surface area (Å²) in [6.07, 6.45) is 3.54. The van der Waals surface area contributed by atoms with Crippen LogP contribution < -0.4 is 10.2 Å². The van der Waals surface area contributed by atoms with Crippen LogP contribution in [-0.2, 0) is 17.7 Å². The smallest absolute Gasteiger partial charge is 0.129 e. The second-order valence-corrected chi connectivity index (χ2v) is 5.84. The molecule has 0 bridgehead atoms. The van der Waals surface area contributed by atoms with Gasteiger partial charge >= 0.3 is 0 Å². The van der Waals surface area contributed by atoms with E-state index in [0.29, 0.717) is 0 Å². The predicted octanol–water partition coefficient (Wildman–Crippen LogP) is 2.76. The summed E-state index contributed by atoms with van der Waals surface area (Å²) in [7, 11) is 0. The molecule has 0 aliphatic carbocycles. The number of aromatic nitrogens is 1. The first-order valence-electron chi connectivity index (χ1n) is 8.30. The van der Waals surface area contributed by atoms with Crippen LogP contribution in [0.15, 0.2) is 12.1 Å². The molecule has 1 fully saturated rings. The van der Waals surface area contributed by atoms with Crippen LogP contribution in [-0.4, -0.2) is 37.3 Å². The summed E-state index contributed by atoms with van der Waals surface area (Å²) in [6, 6.07) is 4.48. The summed E-state index contributed by atoms with van der Waals surface area (Å²) in [5, 5.41) is 3.41. The number of nitrogens with zero attached hydrogens (tertiary/aromatic N) is 2. The SMILES string of the molecule is CCCc1cc(CNCC)cc(N2CCCOC(C)C2)n1. The Morgan fingerprint density at radius 2 is 2.24 bits per heavy atom. The van der Waals surface area contributed by atoms with Crippen LogP contribution >= 0.6 is 0 Å². The van der Waals surface area contributed by atoms with Crippen LogP contribution in [0.25, 0.3) is 0 Å². The van der Waals surface area contributed by atoms with Crippen molar-refractivity contribution in [3.8, 4) is 0 Å². The van der Waals surface area contributed by atoms with E-state index in [1.165, 1.54) is 11.3 Å². The molecule has 118 valence electrons. The van der Waals surface area contributed by atoms with Crippen molar-refractivity contribution in [1.29, 1.82) is 0 Å². The van der Waals surface area contributed by atoms with Crippen LogP contribution in [0.3, 0.4) is 0 Å². The van der Waals surface area contributed by atoms with Crippen LogP contribution in [0.2, 0.25) is 0 Å². The predicted molar refractivity (Wildman–Crippen MR) is 87.9 cm³/mol. The Bertz CT molecular complexity index is 436. The summed E-state index contributed by atoms with van der Waals surface area (Å²) in [4.78, 5) is 7.25. The molecule has 2 rings (SSSR count). The normalized spacial score (nSPS) is 19.6. The van der Waals surface area contributed by atoms with Gasteiger partial charge in [0.25, 0.3) is 0 Å². The van der Waals surface area contributed by atoms with Gasteiger partial charge in [0, 0.05) is 31.9 Å². The molecule has 1 atom stereocenters.